The Bertz CT molecular complexity index is 1200. The Kier molecular flexibility index (Phi) is 7.02. The molecule has 0 aliphatic rings. The molecule has 12 heteroatoms. The number of carbonyl (C=O) groups is 2. The topological polar surface area (TPSA) is 92.4 Å². The second kappa shape index (κ2) is 9.74. The van der Waals surface area contributed by atoms with Gasteiger partial charge in [-0.15, -0.1) is 0 Å². The second-order valence-electron chi connectivity index (χ2n) is 6.51. The molecule has 0 bridgehead atoms. The van der Waals surface area contributed by atoms with E-state index in [2.05, 4.69) is 20.9 Å². The van der Waals surface area contributed by atoms with E-state index in [0.717, 1.165) is 12.1 Å². The molecule has 3 amide bonds. The molecular weight excluding hydrogens is 468 g/mol. The zero-order chi connectivity index (χ0) is 24.2. The van der Waals surface area contributed by atoms with Crippen LogP contribution in [0.15, 0.2) is 54.7 Å². The largest absolute Gasteiger partial charge is 0.457 e. The first-order chi connectivity index (χ1) is 15.5. The number of rotatable bonds is 5. The average Bonchev–Trinajstić information content (AvgIpc) is 2.74. The van der Waals surface area contributed by atoms with E-state index in [4.69, 9.17) is 16.3 Å². The second-order valence-corrected chi connectivity index (χ2v) is 6.94. The molecule has 1 heterocycles. The number of benzene rings is 2. The fourth-order valence-electron chi connectivity index (χ4n) is 2.63. The Morgan fingerprint density at radius 3 is 2.39 bits per heavy atom. The van der Waals surface area contributed by atoms with Gasteiger partial charge in [0.2, 0.25) is 0 Å². The highest BCUT2D eigenvalue weighted by molar-refractivity contribution is 6.31. The highest BCUT2D eigenvalue weighted by Gasteiger charge is 2.31. The van der Waals surface area contributed by atoms with Crippen molar-refractivity contribution in [1.29, 1.82) is 0 Å². The molecule has 2 aromatic carbocycles. The Morgan fingerprint density at radius 1 is 1.00 bits per heavy atom. The van der Waals surface area contributed by atoms with Gasteiger partial charge in [0.15, 0.2) is 0 Å². The molecule has 0 saturated carbocycles. The van der Waals surface area contributed by atoms with E-state index in [9.17, 15) is 27.2 Å². The normalized spacial score (nSPS) is 11.0. The van der Waals surface area contributed by atoms with E-state index in [-0.39, 0.29) is 33.6 Å². The number of aromatic nitrogens is 1. The van der Waals surface area contributed by atoms with Crippen LogP contribution in [0.1, 0.15) is 16.1 Å². The van der Waals surface area contributed by atoms with Gasteiger partial charge in [-0.1, -0.05) is 11.6 Å². The zero-order valence-corrected chi connectivity index (χ0v) is 17.5. The number of hydrogen-bond donors (Lipinski definition) is 3. The number of halogens is 5. The number of hydrogen-bond acceptors (Lipinski definition) is 4. The molecule has 3 N–H and O–H groups in total. The quantitative estimate of drug-likeness (QED) is 0.407. The lowest BCUT2D eigenvalue weighted by Crippen LogP contribution is -2.20. The summed E-state index contributed by atoms with van der Waals surface area (Å²) in [6, 6.07) is 7.89. The first-order valence-corrected chi connectivity index (χ1v) is 9.54. The van der Waals surface area contributed by atoms with Gasteiger partial charge in [-0.25, -0.2) is 9.18 Å². The van der Waals surface area contributed by atoms with Gasteiger partial charge in [0, 0.05) is 36.1 Å². The van der Waals surface area contributed by atoms with Gasteiger partial charge in [-0.3, -0.25) is 9.78 Å². The van der Waals surface area contributed by atoms with Crippen molar-refractivity contribution in [3.05, 3.63) is 76.8 Å². The van der Waals surface area contributed by atoms with Crippen molar-refractivity contribution in [1.82, 2.24) is 10.3 Å². The predicted molar refractivity (Wildman–Crippen MR) is 113 cm³/mol. The molecule has 3 aromatic rings. The van der Waals surface area contributed by atoms with Crippen molar-refractivity contribution in [2.24, 2.45) is 0 Å². The molecule has 0 radical (unpaired) electrons. The minimum absolute atomic E-state index is 0.0668. The van der Waals surface area contributed by atoms with Crippen LogP contribution in [0.3, 0.4) is 0 Å². The summed E-state index contributed by atoms with van der Waals surface area (Å²) in [5.74, 6) is -1.01. The smallest absolute Gasteiger partial charge is 0.416 e. The molecular formula is C21H15ClF4N4O3. The monoisotopic (exact) mass is 482 g/mol. The lowest BCUT2D eigenvalue weighted by Gasteiger charge is -2.13. The van der Waals surface area contributed by atoms with Crippen molar-refractivity contribution in [2.75, 3.05) is 17.7 Å². The van der Waals surface area contributed by atoms with Crippen LogP contribution in [0.25, 0.3) is 0 Å². The van der Waals surface area contributed by atoms with E-state index in [1.54, 1.807) is 0 Å². The van der Waals surface area contributed by atoms with Gasteiger partial charge in [-0.05, 0) is 36.4 Å². The molecule has 0 fully saturated rings. The summed E-state index contributed by atoms with van der Waals surface area (Å²) >= 11 is 5.67. The van der Waals surface area contributed by atoms with Crippen molar-refractivity contribution in [2.45, 2.75) is 6.18 Å². The number of alkyl halides is 3. The van der Waals surface area contributed by atoms with E-state index in [1.165, 1.54) is 37.5 Å². The Labute approximate surface area is 189 Å². The average molecular weight is 483 g/mol. The maximum atomic E-state index is 14.4. The van der Waals surface area contributed by atoms with Gasteiger partial charge in [0.05, 0.1) is 11.3 Å². The summed E-state index contributed by atoms with van der Waals surface area (Å²) in [5, 5.41) is 6.54. The standard InChI is InChI=1S/C21H15ClF4N4O3/c1-27-19(31)18-10-15(4-5-28-18)33-14-2-3-17(16(23)9-14)30-20(32)29-13-7-11(21(24,25)26)6-12(22)8-13/h2-10H,1H3,(H,27,31)(H2,29,30,32). The van der Waals surface area contributed by atoms with Gasteiger partial charge in [-0.2, -0.15) is 13.2 Å². The molecule has 3 rings (SSSR count). The number of amides is 3. The third-order valence-corrected chi connectivity index (χ3v) is 4.32. The van der Waals surface area contributed by atoms with E-state index in [0.29, 0.717) is 12.1 Å². The van der Waals surface area contributed by atoms with Gasteiger partial charge in [0.1, 0.15) is 23.0 Å². The summed E-state index contributed by atoms with van der Waals surface area (Å²) in [4.78, 5) is 27.6. The fourth-order valence-corrected chi connectivity index (χ4v) is 2.87. The molecule has 33 heavy (non-hydrogen) atoms. The Hall–Kier alpha value is -3.86. The summed E-state index contributed by atoms with van der Waals surface area (Å²) in [7, 11) is 1.44. The first kappa shape index (κ1) is 23.8. The minimum Gasteiger partial charge on any atom is -0.457 e. The first-order valence-electron chi connectivity index (χ1n) is 9.16. The lowest BCUT2D eigenvalue weighted by atomic mass is 10.2. The summed E-state index contributed by atoms with van der Waals surface area (Å²) < 4.78 is 58.6. The molecule has 172 valence electrons. The van der Waals surface area contributed by atoms with Gasteiger partial charge >= 0.3 is 12.2 Å². The maximum Gasteiger partial charge on any atom is 0.416 e. The molecule has 7 nitrogen and oxygen atoms in total. The number of anilines is 2. The lowest BCUT2D eigenvalue weighted by molar-refractivity contribution is -0.137. The van der Waals surface area contributed by atoms with E-state index >= 15 is 0 Å². The van der Waals surface area contributed by atoms with Crippen LogP contribution in [-0.2, 0) is 6.18 Å². The number of ether oxygens (including phenoxy) is 1. The predicted octanol–water partition coefficient (Wildman–Crippen LogP) is 5.69. The molecule has 1 aromatic heterocycles. The van der Waals surface area contributed by atoms with Gasteiger partial charge in [0.25, 0.3) is 5.91 Å². The summed E-state index contributed by atoms with van der Waals surface area (Å²) in [5.41, 5.74) is -1.43. The maximum absolute atomic E-state index is 14.4. The Balaban J connectivity index is 1.69. The van der Waals surface area contributed by atoms with Crippen LogP contribution in [0.5, 0.6) is 11.5 Å². The molecule has 0 saturated heterocycles. The molecule has 0 aliphatic carbocycles. The van der Waals surface area contributed by atoms with Crippen LogP contribution >= 0.6 is 11.6 Å². The number of nitrogens with zero attached hydrogens (tertiary/aromatic N) is 1. The molecule has 0 aliphatic heterocycles. The number of urea groups is 1. The van der Waals surface area contributed by atoms with Crippen LogP contribution in [-0.4, -0.2) is 24.0 Å². The van der Waals surface area contributed by atoms with Crippen molar-refractivity contribution < 1.29 is 31.9 Å². The minimum atomic E-state index is -4.66. The zero-order valence-electron chi connectivity index (χ0n) is 16.8. The van der Waals surface area contributed by atoms with Crippen LogP contribution in [0.2, 0.25) is 5.02 Å². The highest BCUT2D eigenvalue weighted by atomic mass is 35.5. The molecule has 0 atom stereocenters. The molecule has 0 unspecified atom stereocenters. The third kappa shape index (κ3) is 6.32. The van der Waals surface area contributed by atoms with Crippen LogP contribution in [0, 0.1) is 5.82 Å². The van der Waals surface area contributed by atoms with Crippen molar-refractivity contribution in [3.63, 3.8) is 0 Å². The van der Waals surface area contributed by atoms with Gasteiger partial charge < -0.3 is 20.7 Å². The van der Waals surface area contributed by atoms with E-state index in [1.807, 2.05) is 0 Å². The van der Waals surface area contributed by atoms with Crippen LogP contribution < -0.4 is 20.7 Å². The highest BCUT2D eigenvalue weighted by Crippen LogP contribution is 2.33. The summed E-state index contributed by atoms with van der Waals surface area (Å²) in [6.07, 6.45) is -3.31. The summed E-state index contributed by atoms with van der Waals surface area (Å²) in [6.45, 7) is 0. The van der Waals surface area contributed by atoms with E-state index < -0.39 is 29.5 Å². The Morgan fingerprint density at radius 2 is 1.73 bits per heavy atom. The molecule has 0 spiro atoms. The fraction of sp³-hybridized carbons (Fsp3) is 0.0952. The number of pyridine rings is 1. The SMILES string of the molecule is CNC(=O)c1cc(Oc2ccc(NC(=O)Nc3cc(Cl)cc(C(F)(F)F)c3)c(F)c2)ccn1. The van der Waals surface area contributed by atoms with Crippen molar-refractivity contribution >= 4 is 34.9 Å². The van der Waals surface area contributed by atoms with Crippen LogP contribution in [0.4, 0.5) is 33.7 Å². The number of carbonyl (C=O) groups excluding carboxylic acids is 2. The third-order valence-electron chi connectivity index (χ3n) is 4.10. The number of nitrogens with one attached hydrogen (secondary N) is 3. The van der Waals surface area contributed by atoms with Crippen molar-refractivity contribution in [3.8, 4) is 11.5 Å².